The summed E-state index contributed by atoms with van der Waals surface area (Å²) in [5.74, 6) is 0.433. The third kappa shape index (κ3) is 6.37. The van der Waals surface area contributed by atoms with Crippen LogP contribution in [0.15, 0.2) is 10.6 Å². The van der Waals surface area contributed by atoms with Crippen molar-refractivity contribution in [2.45, 2.75) is 82.9 Å². The second kappa shape index (κ2) is 8.03. The van der Waals surface area contributed by atoms with E-state index in [4.69, 9.17) is 15.5 Å². The Morgan fingerprint density at radius 2 is 1.93 bits per heavy atom. The minimum absolute atomic E-state index is 0.00175. The van der Waals surface area contributed by atoms with Gasteiger partial charge >= 0.3 is 11.7 Å². The minimum Gasteiger partial charge on any atom is -0.407 e. The Bertz CT molecular complexity index is 710. The maximum absolute atomic E-state index is 12.5. The maximum atomic E-state index is 12.5. The predicted molar refractivity (Wildman–Crippen MR) is 97.1 cm³/mol. The Hall–Kier alpha value is -1.84. The summed E-state index contributed by atoms with van der Waals surface area (Å²) >= 11 is 0. The zero-order valence-electron chi connectivity index (χ0n) is 16.6. The van der Waals surface area contributed by atoms with E-state index in [1.165, 1.54) is 0 Å². The first-order valence-corrected chi connectivity index (χ1v) is 11.6. The van der Waals surface area contributed by atoms with Gasteiger partial charge in [-0.3, -0.25) is 4.85 Å². The summed E-state index contributed by atoms with van der Waals surface area (Å²) < 4.78 is 49.0. The van der Waals surface area contributed by atoms with Crippen LogP contribution in [0.2, 0.25) is 18.1 Å². The van der Waals surface area contributed by atoms with Crippen LogP contribution in [-0.4, -0.2) is 25.2 Å². The molecule has 0 spiro atoms. The van der Waals surface area contributed by atoms with Gasteiger partial charge in [-0.05, 0) is 25.1 Å². The van der Waals surface area contributed by atoms with E-state index in [1.807, 2.05) is 6.92 Å². The summed E-state index contributed by atoms with van der Waals surface area (Å²) in [7, 11) is -2.05. The number of hydrogen-bond acceptors (Lipinski definition) is 4. The molecule has 9 heteroatoms. The first-order chi connectivity index (χ1) is 12.1. The molecule has 0 aliphatic heterocycles. The van der Waals surface area contributed by atoms with Crippen molar-refractivity contribution in [2.75, 3.05) is 0 Å². The van der Waals surface area contributed by atoms with E-state index in [9.17, 15) is 18.4 Å². The van der Waals surface area contributed by atoms with Gasteiger partial charge in [0.25, 0.3) is 0 Å². The average molecular weight is 402 g/mol. The monoisotopic (exact) mass is 401 g/mol. The molecule has 0 amide bonds. The second-order valence-corrected chi connectivity index (χ2v) is 13.0. The number of halogens is 3. The number of alkyl halides is 3. The van der Waals surface area contributed by atoms with E-state index in [2.05, 4.69) is 43.9 Å². The molecule has 0 radical (unpaired) electrons. The van der Waals surface area contributed by atoms with Gasteiger partial charge in [-0.25, -0.2) is 6.57 Å². The molecule has 0 saturated heterocycles. The highest BCUT2D eigenvalue weighted by atomic mass is 28.4. The molecule has 0 N–H and O–H groups in total. The van der Waals surface area contributed by atoms with Gasteiger partial charge in [0.1, 0.15) is 6.10 Å². The molecule has 0 aliphatic rings. The van der Waals surface area contributed by atoms with Crippen LogP contribution in [0.25, 0.3) is 4.85 Å². The van der Waals surface area contributed by atoms with Gasteiger partial charge in [0.15, 0.2) is 20.1 Å². The molecule has 1 aromatic rings. The Balaban J connectivity index is 2.92. The van der Waals surface area contributed by atoms with Crippen LogP contribution in [0.5, 0.6) is 0 Å². The van der Waals surface area contributed by atoms with Crippen LogP contribution in [0.3, 0.4) is 0 Å². The van der Waals surface area contributed by atoms with E-state index >= 15 is 0 Å². The van der Waals surface area contributed by atoms with Crippen molar-refractivity contribution < 1.29 is 22.1 Å². The summed E-state index contributed by atoms with van der Waals surface area (Å²) in [5.41, 5.74) is -1.54. The molecule has 1 heterocycles. The van der Waals surface area contributed by atoms with Gasteiger partial charge in [0, 0.05) is 12.5 Å². The number of aromatic nitrogens is 1. The number of rotatable bonds is 7. The molecule has 0 saturated carbocycles. The maximum Gasteiger partial charge on any atom is 0.389 e. The van der Waals surface area contributed by atoms with Crippen molar-refractivity contribution in [2.24, 2.45) is 0 Å². The van der Waals surface area contributed by atoms with E-state index in [1.54, 1.807) is 12.1 Å². The van der Waals surface area contributed by atoms with Crippen LogP contribution >= 0.6 is 0 Å². The Labute approximate surface area is 159 Å². The molecule has 5 nitrogen and oxygen atoms in total. The molecule has 0 fully saturated rings. The highest BCUT2D eigenvalue weighted by molar-refractivity contribution is 6.74. The molecule has 1 rings (SSSR count). The van der Waals surface area contributed by atoms with Crippen LogP contribution in [0.4, 0.5) is 13.2 Å². The molecule has 2 unspecified atom stereocenters. The summed E-state index contributed by atoms with van der Waals surface area (Å²) in [6.45, 7) is 19.5. The van der Waals surface area contributed by atoms with Crippen molar-refractivity contribution >= 4 is 8.32 Å². The standard InChI is InChI=1S/C18H26F3N3O2Si/c1-13(26-27(6,7)16(2,3)4)15-10-14(24-25-15)11-17(12-22,23-5)8-9-18(19,20)21/h10,13H,8-9,11H2,1-4,6-7H3. The van der Waals surface area contributed by atoms with Crippen molar-refractivity contribution in [1.29, 1.82) is 5.26 Å². The van der Waals surface area contributed by atoms with Crippen LogP contribution in [0, 0.1) is 17.9 Å². The van der Waals surface area contributed by atoms with Gasteiger partial charge in [0.2, 0.25) is 0 Å². The van der Waals surface area contributed by atoms with Gasteiger partial charge in [-0.1, -0.05) is 25.9 Å². The van der Waals surface area contributed by atoms with Crippen molar-refractivity contribution in [3.05, 3.63) is 28.9 Å². The molecule has 27 heavy (non-hydrogen) atoms. The lowest BCUT2D eigenvalue weighted by molar-refractivity contribution is -0.136. The fourth-order valence-electron chi connectivity index (χ4n) is 2.23. The van der Waals surface area contributed by atoms with Crippen LogP contribution in [-0.2, 0) is 10.8 Å². The number of hydrogen-bond donors (Lipinski definition) is 0. The van der Waals surface area contributed by atoms with E-state index in [0.717, 1.165) is 0 Å². The molecule has 1 aromatic heterocycles. The third-order valence-corrected chi connectivity index (χ3v) is 9.53. The first kappa shape index (κ1) is 23.2. The predicted octanol–water partition coefficient (Wildman–Crippen LogP) is 5.82. The van der Waals surface area contributed by atoms with Crippen LogP contribution < -0.4 is 0 Å². The van der Waals surface area contributed by atoms with E-state index in [-0.39, 0.29) is 23.3 Å². The SMILES string of the molecule is [C-]#[N+]C(C#N)(CCC(F)(F)F)Cc1cc(C(C)O[Si](C)(C)C(C)(C)C)on1. The van der Waals surface area contributed by atoms with Gasteiger partial charge in [-0.2, -0.15) is 18.4 Å². The summed E-state index contributed by atoms with van der Waals surface area (Å²) in [4.78, 5) is 3.17. The lowest BCUT2D eigenvalue weighted by Gasteiger charge is -2.37. The lowest BCUT2D eigenvalue weighted by atomic mass is 9.90. The zero-order chi connectivity index (χ0) is 21.1. The number of nitrogens with zero attached hydrogens (tertiary/aromatic N) is 3. The fraction of sp³-hybridized carbons (Fsp3) is 0.722. The van der Waals surface area contributed by atoms with Crippen molar-refractivity contribution in [3.8, 4) is 6.07 Å². The summed E-state index contributed by atoms with van der Waals surface area (Å²) in [5, 5.41) is 13.1. The Morgan fingerprint density at radius 3 is 2.37 bits per heavy atom. The van der Waals surface area contributed by atoms with Crippen LogP contribution in [0.1, 0.15) is 58.1 Å². The lowest BCUT2D eigenvalue weighted by Crippen LogP contribution is -2.41. The van der Waals surface area contributed by atoms with Crippen molar-refractivity contribution in [1.82, 2.24) is 5.16 Å². The first-order valence-electron chi connectivity index (χ1n) is 8.65. The fourth-order valence-corrected chi connectivity index (χ4v) is 3.59. The summed E-state index contributed by atoms with van der Waals surface area (Å²) in [6.07, 6.45) is -6.83. The van der Waals surface area contributed by atoms with E-state index in [0.29, 0.717) is 5.76 Å². The average Bonchev–Trinajstić information content (AvgIpc) is 2.97. The van der Waals surface area contributed by atoms with E-state index < -0.39 is 32.9 Å². The smallest absolute Gasteiger partial charge is 0.389 e. The Kier molecular flexibility index (Phi) is 6.90. The normalized spacial score (nSPS) is 16.3. The molecule has 150 valence electrons. The zero-order valence-corrected chi connectivity index (χ0v) is 17.6. The van der Waals surface area contributed by atoms with Gasteiger partial charge < -0.3 is 8.95 Å². The highest BCUT2D eigenvalue weighted by Gasteiger charge is 2.43. The molecular formula is C18H26F3N3O2Si. The summed E-state index contributed by atoms with van der Waals surface area (Å²) in [6, 6.07) is 3.28. The van der Waals surface area contributed by atoms with Crippen molar-refractivity contribution in [3.63, 3.8) is 0 Å². The second-order valence-electron chi connectivity index (χ2n) is 8.29. The minimum atomic E-state index is -4.42. The topological polar surface area (TPSA) is 63.4 Å². The Morgan fingerprint density at radius 1 is 1.33 bits per heavy atom. The largest absolute Gasteiger partial charge is 0.407 e. The van der Waals surface area contributed by atoms with Gasteiger partial charge in [0.05, 0.1) is 18.5 Å². The molecule has 0 aliphatic carbocycles. The highest BCUT2D eigenvalue weighted by Crippen LogP contribution is 2.40. The molecule has 0 bridgehead atoms. The number of nitriles is 1. The quantitative estimate of drug-likeness (QED) is 0.426. The third-order valence-electron chi connectivity index (χ3n) is 4.97. The van der Waals surface area contributed by atoms with Gasteiger partial charge in [-0.15, -0.1) is 0 Å². The molecular weight excluding hydrogens is 375 g/mol. The molecule has 0 aromatic carbocycles. The molecule has 2 atom stereocenters.